The van der Waals surface area contributed by atoms with Gasteiger partial charge in [0.25, 0.3) is 0 Å². The maximum Gasteiger partial charge on any atom is 0.137 e. The maximum atomic E-state index is 10.1. The van der Waals surface area contributed by atoms with Crippen LogP contribution in [-0.2, 0) is 0 Å². The van der Waals surface area contributed by atoms with Gasteiger partial charge in [-0.1, -0.05) is 17.7 Å². The lowest BCUT2D eigenvalue weighted by atomic mass is 10.0. The second-order valence-electron chi connectivity index (χ2n) is 3.85. The van der Waals surface area contributed by atoms with E-state index >= 15 is 0 Å². The monoisotopic (exact) mass is 236 g/mol. The van der Waals surface area contributed by atoms with Gasteiger partial charge in [-0.15, -0.1) is 0 Å². The Kier molecular flexibility index (Phi) is 3.03. The van der Waals surface area contributed by atoms with Gasteiger partial charge < -0.3 is 9.52 Å². The number of aryl methyl sites for hydroxylation is 2. The fourth-order valence-corrected chi connectivity index (χ4v) is 1.93. The molecule has 1 aromatic heterocycles. The van der Waals surface area contributed by atoms with Crippen molar-refractivity contribution < 1.29 is 9.52 Å². The van der Waals surface area contributed by atoms with Crippen LogP contribution in [0, 0.1) is 13.8 Å². The number of halogens is 1. The highest BCUT2D eigenvalue weighted by Crippen LogP contribution is 2.27. The number of hydrogen-bond acceptors (Lipinski definition) is 2. The van der Waals surface area contributed by atoms with Crippen LogP contribution in [0.2, 0.25) is 5.02 Å². The van der Waals surface area contributed by atoms with Crippen LogP contribution in [0.3, 0.4) is 0 Å². The Hall–Kier alpha value is -1.25. The van der Waals surface area contributed by atoms with Gasteiger partial charge >= 0.3 is 0 Å². The first kappa shape index (κ1) is 11.2. The lowest BCUT2D eigenvalue weighted by molar-refractivity contribution is 0.187. The molecule has 84 valence electrons. The quantitative estimate of drug-likeness (QED) is 0.864. The molecule has 1 atom stereocenters. The predicted octanol–water partition coefficient (Wildman–Crippen LogP) is 3.63. The topological polar surface area (TPSA) is 33.4 Å². The molecule has 0 saturated carbocycles. The Morgan fingerprint density at radius 3 is 2.50 bits per heavy atom. The molecule has 2 nitrogen and oxygen atoms in total. The fourth-order valence-electron chi connectivity index (χ4n) is 1.70. The summed E-state index contributed by atoms with van der Waals surface area (Å²) in [5.74, 6) is 1.35. The minimum Gasteiger partial charge on any atom is -0.463 e. The summed E-state index contributed by atoms with van der Waals surface area (Å²) in [7, 11) is 0. The number of benzene rings is 1. The van der Waals surface area contributed by atoms with E-state index in [0.29, 0.717) is 10.8 Å². The summed E-state index contributed by atoms with van der Waals surface area (Å²) in [4.78, 5) is 0. The molecule has 0 fully saturated rings. The van der Waals surface area contributed by atoms with Crippen LogP contribution in [0.25, 0.3) is 0 Å². The van der Waals surface area contributed by atoms with Crippen LogP contribution < -0.4 is 0 Å². The molecule has 0 aliphatic heterocycles. The molecule has 1 N–H and O–H groups in total. The summed E-state index contributed by atoms with van der Waals surface area (Å²) >= 11 is 5.87. The van der Waals surface area contributed by atoms with E-state index in [1.54, 1.807) is 12.1 Å². The molecule has 0 aliphatic rings. The first-order valence-corrected chi connectivity index (χ1v) is 5.46. The van der Waals surface area contributed by atoms with Crippen molar-refractivity contribution >= 4 is 11.6 Å². The molecule has 1 heterocycles. The van der Waals surface area contributed by atoms with E-state index in [9.17, 15) is 5.11 Å². The second-order valence-corrected chi connectivity index (χ2v) is 4.29. The summed E-state index contributed by atoms with van der Waals surface area (Å²) in [6, 6.07) is 9.04. The summed E-state index contributed by atoms with van der Waals surface area (Å²) < 4.78 is 5.40. The van der Waals surface area contributed by atoms with Gasteiger partial charge in [-0.05, 0) is 49.2 Å². The number of aliphatic hydroxyl groups excluding tert-OH is 1. The first-order chi connectivity index (χ1) is 7.58. The third kappa shape index (κ3) is 2.13. The highest BCUT2D eigenvalue weighted by atomic mass is 35.5. The minimum absolute atomic E-state index is 0.558. The molecule has 3 heteroatoms. The number of furan rings is 1. The average molecular weight is 237 g/mol. The summed E-state index contributed by atoms with van der Waals surface area (Å²) in [5.41, 5.74) is 1.77. The molecule has 0 spiro atoms. The van der Waals surface area contributed by atoms with E-state index in [-0.39, 0.29) is 0 Å². The van der Waals surface area contributed by atoms with Crippen molar-refractivity contribution in [2.24, 2.45) is 0 Å². The van der Waals surface area contributed by atoms with Gasteiger partial charge in [0.1, 0.15) is 17.6 Å². The van der Waals surface area contributed by atoms with Crippen molar-refractivity contribution in [3.63, 3.8) is 0 Å². The lowest BCUT2D eigenvalue weighted by Crippen LogP contribution is -2.00. The maximum absolute atomic E-state index is 10.1. The minimum atomic E-state index is -0.731. The van der Waals surface area contributed by atoms with E-state index < -0.39 is 6.10 Å². The molecule has 0 amide bonds. The molecule has 16 heavy (non-hydrogen) atoms. The van der Waals surface area contributed by atoms with Crippen molar-refractivity contribution in [3.05, 3.63) is 58.0 Å². The van der Waals surface area contributed by atoms with Crippen molar-refractivity contribution in [3.8, 4) is 0 Å². The zero-order valence-corrected chi connectivity index (χ0v) is 9.95. The molecule has 0 bridgehead atoms. The van der Waals surface area contributed by atoms with Gasteiger partial charge in [0.15, 0.2) is 0 Å². The summed E-state index contributed by atoms with van der Waals surface area (Å²) in [6.45, 7) is 3.77. The van der Waals surface area contributed by atoms with Crippen LogP contribution in [0.15, 0.2) is 34.7 Å². The molecule has 1 aromatic carbocycles. The SMILES string of the molecule is Cc1ccc([C@@H](O)c2ccc(Cl)cc2C)o1. The predicted molar refractivity (Wildman–Crippen MR) is 63.7 cm³/mol. The van der Waals surface area contributed by atoms with Gasteiger partial charge in [-0.25, -0.2) is 0 Å². The largest absolute Gasteiger partial charge is 0.463 e. The van der Waals surface area contributed by atoms with E-state index in [1.165, 1.54) is 0 Å². The zero-order chi connectivity index (χ0) is 11.7. The van der Waals surface area contributed by atoms with Gasteiger partial charge in [0.2, 0.25) is 0 Å². The Morgan fingerprint density at radius 1 is 1.19 bits per heavy atom. The van der Waals surface area contributed by atoms with Crippen LogP contribution in [0.4, 0.5) is 0 Å². The van der Waals surface area contributed by atoms with Gasteiger partial charge in [-0.3, -0.25) is 0 Å². The highest BCUT2D eigenvalue weighted by Gasteiger charge is 2.16. The van der Waals surface area contributed by atoms with Crippen LogP contribution in [0.1, 0.15) is 28.8 Å². The Morgan fingerprint density at radius 2 is 1.94 bits per heavy atom. The molecular formula is C13H13ClO2. The molecule has 2 rings (SSSR count). The highest BCUT2D eigenvalue weighted by molar-refractivity contribution is 6.30. The van der Waals surface area contributed by atoms with Crippen LogP contribution >= 0.6 is 11.6 Å². The Labute approximate surface area is 99.5 Å². The number of aliphatic hydroxyl groups is 1. The van der Waals surface area contributed by atoms with Crippen molar-refractivity contribution in [2.75, 3.05) is 0 Å². The van der Waals surface area contributed by atoms with Crippen molar-refractivity contribution in [1.82, 2.24) is 0 Å². The number of rotatable bonds is 2. The average Bonchev–Trinajstić information content (AvgIpc) is 2.64. The molecule has 0 unspecified atom stereocenters. The fraction of sp³-hybridized carbons (Fsp3) is 0.231. The summed E-state index contributed by atoms with van der Waals surface area (Å²) in [6.07, 6.45) is -0.731. The Balaban J connectivity index is 2.37. The van der Waals surface area contributed by atoms with Gasteiger partial charge in [0.05, 0.1) is 0 Å². The molecule has 0 radical (unpaired) electrons. The molecule has 2 aromatic rings. The summed E-state index contributed by atoms with van der Waals surface area (Å²) in [5, 5.41) is 10.8. The molecular weight excluding hydrogens is 224 g/mol. The van der Waals surface area contributed by atoms with Crippen LogP contribution in [-0.4, -0.2) is 5.11 Å². The normalized spacial score (nSPS) is 12.8. The Bertz CT molecular complexity index is 502. The molecule has 0 aliphatic carbocycles. The third-order valence-electron chi connectivity index (χ3n) is 2.56. The van der Waals surface area contributed by atoms with Crippen molar-refractivity contribution in [1.29, 1.82) is 0 Å². The van der Waals surface area contributed by atoms with E-state index in [0.717, 1.165) is 16.9 Å². The van der Waals surface area contributed by atoms with Crippen molar-refractivity contribution in [2.45, 2.75) is 20.0 Å². The van der Waals surface area contributed by atoms with Crippen LogP contribution in [0.5, 0.6) is 0 Å². The smallest absolute Gasteiger partial charge is 0.137 e. The zero-order valence-electron chi connectivity index (χ0n) is 9.20. The molecule has 0 saturated heterocycles. The van der Waals surface area contributed by atoms with E-state index in [2.05, 4.69) is 0 Å². The third-order valence-corrected chi connectivity index (χ3v) is 2.79. The van der Waals surface area contributed by atoms with E-state index in [4.69, 9.17) is 16.0 Å². The van der Waals surface area contributed by atoms with Gasteiger partial charge in [0, 0.05) is 5.02 Å². The van der Waals surface area contributed by atoms with E-state index in [1.807, 2.05) is 32.0 Å². The van der Waals surface area contributed by atoms with Gasteiger partial charge in [-0.2, -0.15) is 0 Å². The number of hydrogen-bond donors (Lipinski definition) is 1. The second kappa shape index (κ2) is 4.32. The lowest BCUT2D eigenvalue weighted by Gasteiger charge is -2.11. The first-order valence-electron chi connectivity index (χ1n) is 5.08. The standard InChI is InChI=1S/C13H13ClO2/c1-8-7-10(14)4-5-11(8)13(15)12-6-3-9(2)16-12/h3-7,13,15H,1-2H3/t13-/m0/s1.